The molecular formula is C26H26F2N2O5. The Morgan fingerprint density at radius 3 is 2.20 bits per heavy atom. The number of benzene rings is 2. The van der Waals surface area contributed by atoms with Crippen LogP contribution in [-0.4, -0.2) is 48.2 Å². The minimum atomic E-state index is -3.32. The van der Waals surface area contributed by atoms with Crippen molar-refractivity contribution in [3.05, 3.63) is 59.7 Å². The SMILES string of the molecule is O=C(NCC1C(C(=O)NC(CC2CC2)C(=O)O)C1(F)F)OCC1c2ccccc2-c2ccccc21. The lowest BCUT2D eigenvalue weighted by Crippen LogP contribution is -2.42. The Morgan fingerprint density at radius 2 is 1.63 bits per heavy atom. The Labute approximate surface area is 200 Å². The van der Waals surface area contributed by atoms with Gasteiger partial charge in [-0.05, 0) is 34.6 Å². The van der Waals surface area contributed by atoms with Crippen molar-refractivity contribution in [3.63, 3.8) is 0 Å². The second-order valence-electron chi connectivity index (χ2n) is 9.54. The zero-order chi connectivity index (χ0) is 24.7. The van der Waals surface area contributed by atoms with E-state index in [-0.39, 0.29) is 24.9 Å². The van der Waals surface area contributed by atoms with Crippen LogP contribution in [-0.2, 0) is 14.3 Å². The molecule has 0 spiro atoms. The number of hydrogen-bond acceptors (Lipinski definition) is 4. The number of hydrogen-bond donors (Lipinski definition) is 3. The average molecular weight is 484 g/mol. The first-order valence-electron chi connectivity index (χ1n) is 11.8. The Morgan fingerprint density at radius 1 is 1.03 bits per heavy atom. The Kier molecular flexibility index (Phi) is 5.94. The van der Waals surface area contributed by atoms with Gasteiger partial charge in [0.15, 0.2) is 0 Å². The number of halogens is 2. The summed E-state index contributed by atoms with van der Waals surface area (Å²) in [5.41, 5.74) is 4.21. The molecule has 2 aromatic carbocycles. The predicted molar refractivity (Wildman–Crippen MR) is 122 cm³/mol. The molecule has 3 unspecified atom stereocenters. The number of nitrogens with one attached hydrogen (secondary N) is 2. The fourth-order valence-corrected chi connectivity index (χ4v) is 5.01. The number of carbonyl (C=O) groups is 3. The molecule has 2 fully saturated rings. The quantitative estimate of drug-likeness (QED) is 0.503. The molecule has 35 heavy (non-hydrogen) atoms. The molecule has 0 aromatic heterocycles. The van der Waals surface area contributed by atoms with Crippen LogP contribution in [0.3, 0.4) is 0 Å². The van der Waals surface area contributed by atoms with Gasteiger partial charge >= 0.3 is 12.1 Å². The van der Waals surface area contributed by atoms with Gasteiger partial charge < -0.3 is 20.5 Å². The summed E-state index contributed by atoms with van der Waals surface area (Å²) in [4.78, 5) is 36.0. The Balaban J connectivity index is 1.14. The molecule has 2 saturated carbocycles. The maximum atomic E-state index is 14.2. The zero-order valence-electron chi connectivity index (χ0n) is 18.9. The highest BCUT2D eigenvalue weighted by Crippen LogP contribution is 2.55. The fraction of sp³-hybridized carbons (Fsp3) is 0.423. The molecule has 9 heteroatoms. The molecule has 0 aliphatic heterocycles. The average Bonchev–Trinajstić information content (AvgIpc) is 3.72. The highest BCUT2D eigenvalue weighted by molar-refractivity contribution is 5.88. The smallest absolute Gasteiger partial charge is 0.407 e. The van der Waals surface area contributed by atoms with Crippen molar-refractivity contribution >= 4 is 18.0 Å². The summed E-state index contributed by atoms with van der Waals surface area (Å²) < 4.78 is 33.9. The van der Waals surface area contributed by atoms with Gasteiger partial charge in [-0.2, -0.15) is 0 Å². The highest BCUT2D eigenvalue weighted by Gasteiger charge is 2.71. The van der Waals surface area contributed by atoms with Gasteiger partial charge in [0.05, 0.1) is 5.92 Å². The number of ether oxygens (including phenoxy) is 1. The van der Waals surface area contributed by atoms with Crippen LogP contribution < -0.4 is 10.6 Å². The van der Waals surface area contributed by atoms with Gasteiger partial charge in [0, 0.05) is 12.5 Å². The van der Waals surface area contributed by atoms with E-state index in [2.05, 4.69) is 10.6 Å². The molecule has 3 N–H and O–H groups in total. The van der Waals surface area contributed by atoms with Gasteiger partial charge in [0.1, 0.15) is 18.6 Å². The van der Waals surface area contributed by atoms with Gasteiger partial charge in [-0.3, -0.25) is 4.79 Å². The summed E-state index contributed by atoms with van der Waals surface area (Å²) in [5.74, 6) is -8.57. The molecule has 2 amide bonds. The van der Waals surface area contributed by atoms with Crippen molar-refractivity contribution in [2.75, 3.05) is 13.2 Å². The third-order valence-electron chi connectivity index (χ3n) is 7.18. The number of carboxylic acids is 1. The van der Waals surface area contributed by atoms with E-state index in [0.717, 1.165) is 35.1 Å². The van der Waals surface area contributed by atoms with Gasteiger partial charge in [-0.1, -0.05) is 61.4 Å². The van der Waals surface area contributed by atoms with Crippen LogP contribution in [0.1, 0.15) is 36.3 Å². The molecule has 3 aliphatic carbocycles. The maximum Gasteiger partial charge on any atom is 0.407 e. The number of rotatable bonds is 9. The predicted octanol–water partition coefficient (Wildman–Crippen LogP) is 3.78. The van der Waals surface area contributed by atoms with E-state index < -0.39 is 48.3 Å². The van der Waals surface area contributed by atoms with Crippen LogP contribution in [0.15, 0.2) is 48.5 Å². The van der Waals surface area contributed by atoms with E-state index in [1.165, 1.54) is 0 Å². The molecule has 5 rings (SSSR count). The summed E-state index contributed by atoms with van der Waals surface area (Å²) in [6.07, 6.45) is 1.16. The Bertz CT molecular complexity index is 1120. The van der Waals surface area contributed by atoms with Gasteiger partial charge in [0.25, 0.3) is 5.92 Å². The van der Waals surface area contributed by atoms with Crippen LogP contribution in [0, 0.1) is 17.8 Å². The number of amides is 2. The third-order valence-corrected chi connectivity index (χ3v) is 7.18. The summed E-state index contributed by atoms with van der Waals surface area (Å²) >= 11 is 0. The normalized spacial score (nSPS) is 22.5. The van der Waals surface area contributed by atoms with Crippen LogP contribution in [0.5, 0.6) is 0 Å². The molecule has 0 saturated heterocycles. The van der Waals surface area contributed by atoms with Crippen molar-refractivity contribution in [2.24, 2.45) is 17.8 Å². The molecule has 3 atom stereocenters. The van der Waals surface area contributed by atoms with Crippen LogP contribution >= 0.6 is 0 Å². The van der Waals surface area contributed by atoms with Crippen LogP contribution in [0.2, 0.25) is 0 Å². The number of carbonyl (C=O) groups excluding carboxylic acids is 2. The standard InChI is InChI=1S/C26H26F2N2O5/c27-26(28)20(22(26)23(31)30-21(24(32)33)11-14-9-10-14)12-29-25(34)35-13-19-17-7-3-1-5-15(17)16-6-2-4-8-18(16)19/h1-8,14,19-22H,9-13H2,(H,29,34)(H,30,31)(H,32,33). The minimum Gasteiger partial charge on any atom is -0.480 e. The molecule has 0 bridgehead atoms. The van der Waals surface area contributed by atoms with E-state index in [1.54, 1.807) is 0 Å². The fourth-order valence-electron chi connectivity index (χ4n) is 5.01. The summed E-state index contributed by atoms with van der Waals surface area (Å²) in [6, 6.07) is 14.5. The van der Waals surface area contributed by atoms with Crippen molar-refractivity contribution in [3.8, 4) is 11.1 Å². The van der Waals surface area contributed by atoms with E-state index in [1.807, 2.05) is 48.5 Å². The molecule has 184 valence electrons. The lowest BCUT2D eigenvalue weighted by Gasteiger charge is -2.15. The first-order valence-corrected chi connectivity index (χ1v) is 11.8. The van der Waals surface area contributed by atoms with E-state index in [0.29, 0.717) is 0 Å². The third kappa shape index (κ3) is 4.59. The second-order valence-corrected chi connectivity index (χ2v) is 9.54. The zero-order valence-corrected chi connectivity index (χ0v) is 18.9. The van der Waals surface area contributed by atoms with Crippen LogP contribution in [0.4, 0.5) is 13.6 Å². The summed E-state index contributed by atoms with van der Waals surface area (Å²) in [5, 5.41) is 13.8. The number of alkyl carbamates (subject to hydrolysis) is 1. The number of fused-ring (bicyclic) bond motifs is 3. The molecular weight excluding hydrogens is 458 g/mol. The van der Waals surface area contributed by atoms with E-state index in [4.69, 9.17) is 4.74 Å². The van der Waals surface area contributed by atoms with Gasteiger partial charge in [-0.15, -0.1) is 0 Å². The van der Waals surface area contributed by atoms with Crippen molar-refractivity contribution < 1.29 is 33.0 Å². The van der Waals surface area contributed by atoms with Crippen molar-refractivity contribution in [1.29, 1.82) is 0 Å². The Hall–Kier alpha value is -3.49. The number of alkyl halides is 2. The molecule has 3 aliphatic rings. The molecule has 0 radical (unpaired) electrons. The largest absolute Gasteiger partial charge is 0.480 e. The molecule has 0 heterocycles. The molecule has 2 aromatic rings. The van der Waals surface area contributed by atoms with Crippen LogP contribution in [0.25, 0.3) is 11.1 Å². The van der Waals surface area contributed by atoms with Gasteiger partial charge in [0.2, 0.25) is 5.91 Å². The van der Waals surface area contributed by atoms with E-state index >= 15 is 0 Å². The van der Waals surface area contributed by atoms with E-state index in [9.17, 15) is 28.3 Å². The monoisotopic (exact) mass is 484 g/mol. The maximum absolute atomic E-state index is 14.2. The first kappa shape index (κ1) is 23.3. The first-order chi connectivity index (χ1) is 16.8. The second kappa shape index (κ2) is 8.94. The lowest BCUT2D eigenvalue weighted by atomic mass is 9.98. The highest BCUT2D eigenvalue weighted by atomic mass is 19.3. The van der Waals surface area contributed by atoms with Crippen molar-refractivity contribution in [1.82, 2.24) is 10.6 Å². The molecule has 7 nitrogen and oxygen atoms in total. The summed E-state index contributed by atoms with van der Waals surface area (Å²) in [6.45, 7) is -0.394. The number of aliphatic carboxylic acids is 1. The topological polar surface area (TPSA) is 105 Å². The lowest BCUT2D eigenvalue weighted by molar-refractivity contribution is -0.142. The van der Waals surface area contributed by atoms with Crippen molar-refractivity contribution in [2.45, 2.75) is 37.1 Å². The van der Waals surface area contributed by atoms with Gasteiger partial charge in [-0.25, -0.2) is 18.4 Å². The summed E-state index contributed by atoms with van der Waals surface area (Å²) in [7, 11) is 0. The number of carboxylic acid groups (broad SMARTS) is 1. The minimum absolute atomic E-state index is 0.0479.